The Labute approximate surface area is 155 Å². The molecule has 5 rings (SSSR count). The molecule has 0 radical (unpaired) electrons. The zero-order chi connectivity index (χ0) is 18.4. The smallest absolute Gasteiger partial charge is 0.220 e. The van der Waals surface area contributed by atoms with Crippen LogP contribution in [0.1, 0.15) is 11.9 Å². The van der Waals surface area contributed by atoms with E-state index < -0.39 is 0 Å². The van der Waals surface area contributed by atoms with Gasteiger partial charge in [0.05, 0.1) is 16.7 Å². The molecule has 1 aliphatic heterocycles. The number of ether oxygens (including phenoxy) is 2. The zero-order valence-electron chi connectivity index (χ0n) is 14.7. The minimum absolute atomic E-state index is 0.254. The molecule has 1 atom stereocenters. The van der Waals surface area contributed by atoms with Crippen LogP contribution in [-0.4, -0.2) is 26.1 Å². The molecule has 1 aliphatic rings. The van der Waals surface area contributed by atoms with E-state index in [2.05, 4.69) is 9.97 Å². The molecule has 0 amide bonds. The van der Waals surface area contributed by atoms with Crippen LogP contribution in [0.25, 0.3) is 22.3 Å². The monoisotopic (exact) mass is 359 g/mol. The van der Waals surface area contributed by atoms with Crippen molar-refractivity contribution in [2.45, 2.75) is 6.10 Å². The topological polar surface area (TPSA) is 88.1 Å². The minimum Gasteiger partial charge on any atom is -0.485 e. The lowest BCUT2D eigenvalue weighted by Crippen LogP contribution is -2.24. The van der Waals surface area contributed by atoms with E-state index in [0.29, 0.717) is 6.61 Å². The molecule has 2 N–H and O–H groups in total. The second-order valence-electron chi connectivity index (χ2n) is 6.40. The number of fused-ring (bicyclic) bond motifs is 2. The van der Waals surface area contributed by atoms with Gasteiger partial charge in [-0.1, -0.05) is 18.2 Å². The zero-order valence-corrected chi connectivity index (χ0v) is 14.7. The first-order chi connectivity index (χ1) is 13.2. The molecule has 4 aromatic rings. The van der Waals surface area contributed by atoms with Crippen molar-refractivity contribution in [1.82, 2.24) is 19.5 Å². The van der Waals surface area contributed by atoms with Gasteiger partial charge < -0.3 is 19.8 Å². The molecule has 134 valence electrons. The van der Waals surface area contributed by atoms with Crippen LogP contribution in [0.4, 0.5) is 5.95 Å². The van der Waals surface area contributed by atoms with Gasteiger partial charge in [0.15, 0.2) is 23.4 Å². The fraction of sp³-hybridized carbons (Fsp3) is 0.150. The second kappa shape index (κ2) is 5.98. The summed E-state index contributed by atoms with van der Waals surface area (Å²) in [6.45, 7) is 0.420. The highest BCUT2D eigenvalue weighted by Crippen LogP contribution is 2.36. The number of rotatable bonds is 2. The first kappa shape index (κ1) is 15.6. The van der Waals surface area contributed by atoms with Gasteiger partial charge in [0.2, 0.25) is 5.95 Å². The Morgan fingerprint density at radius 1 is 1.07 bits per heavy atom. The summed E-state index contributed by atoms with van der Waals surface area (Å²) in [6.07, 6.45) is 1.39. The largest absolute Gasteiger partial charge is 0.485 e. The lowest BCUT2D eigenvalue weighted by Gasteiger charge is -2.25. The maximum atomic E-state index is 6.11. The summed E-state index contributed by atoms with van der Waals surface area (Å²) in [5.74, 6) is 2.57. The average molecular weight is 359 g/mol. The third kappa shape index (κ3) is 2.64. The van der Waals surface area contributed by atoms with Gasteiger partial charge >= 0.3 is 0 Å². The highest BCUT2D eigenvalue weighted by molar-refractivity contribution is 5.82. The van der Waals surface area contributed by atoms with Crippen LogP contribution in [0, 0.1) is 0 Å². The molecule has 0 saturated heterocycles. The minimum atomic E-state index is -0.268. The van der Waals surface area contributed by atoms with Crippen LogP contribution in [0.2, 0.25) is 0 Å². The Balaban J connectivity index is 1.54. The van der Waals surface area contributed by atoms with Crippen molar-refractivity contribution in [3.63, 3.8) is 0 Å². The molecule has 0 bridgehead atoms. The highest BCUT2D eigenvalue weighted by atomic mass is 16.6. The van der Waals surface area contributed by atoms with E-state index in [-0.39, 0.29) is 12.1 Å². The van der Waals surface area contributed by atoms with E-state index in [9.17, 15) is 0 Å². The molecule has 0 fully saturated rings. The average Bonchev–Trinajstić information content (AvgIpc) is 3.04. The number of nitrogen functional groups attached to an aromatic ring is 1. The highest BCUT2D eigenvalue weighted by Gasteiger charge is 2.26. The third-order valence-corrected chi connectivity index (χ3v) is 4.68. The summed E-state index contributed by atoms with van der Waals surface area (Å²) in [5, 5.41) is 0. The number of aromatic nitrogens is 4. The molecule has 3 heterocycles. The Bertz CT molecular complexity index is 1150. The van der Waals surface area contributed by atoms with Crippen molar-refractivity contribution < 1.29 is 9.47 Å². The molecular formula is C20H17N5O2. The SMILES string of the molecule is Cn1c(C2COc3ccccc3O2)nc2ccc(-c3ccnc(N)n3)cc21. The molecule has 0 spiro atoms. The van der Waals surface area contributed by atoms with E-state index in [0.717, 1.165) is 39.6 Å². The predicted octanol–water partition coefficient (Wildman–Crippen LogP) is 3.12. The van der Waals surface area contributed by atoms with E-state index >= 15 is 0 Å². The number of hydrogen-bond acceptors (Lipinski definition) is 6. The summed E-state index contributed by atoms with van der Waals surface area (Å²) < 4.78 is 14.0. The van der Waals surface area contributed by atoms with Crippen molar-refractivity contribution >= 4 is 17.0 Å². The Morgan fingerprint density at radius 3 is 2.78 bits per heavy atom. The molecule has 7 nitrogen and oxygen atoms in total. The van der Waals surface area contributed by atoms with Gasteiger partial charge in [-0.3, -0.25) is 0 Å². The maximum Gasteiger partial charge on any atom is 0.220 e. The predicted molar refractivity (Wildman–Crippen MR) is 101 cm³/mol. The third-order valence-electron chi connectivity index (χ3n) is 4.68. The van der Waals surface area contributed by atoms with E-state index in [4.69, 9.17) is 20.2 Å². The normalized spacial score (nSPS) is 15.8. The maximum absolute atomic E-state index is 6.11. The van der Waals surface area contributed by atoms with Crippen LogP contribution < -0.4 is 15.2 Å². The van der Waals surface area contributed by atoms with Crippen LogP contribution in [0.15, 0.2) is 54.7 Å². The summed E-state index contributed by atoms with van der Waals surface area (Å²) in [5.41, 5.74) is 9.32. The van der Waals surface area contributed by atoms with Crippen LogP contribution in [0.5, 0.6) is 11.5 Å². The van der Waals surface area contributed by atoms with Crippen molar-refractivity contribution in [3.05, 3.63) is 60.6 Å². The van der Waals surface area contributed by atoms with Crippen LogP contribution in [-0.2, 0) is 7.05 Å². The molecular weight excluding hydrogens is 342 g/mol. The number of imidazole rings is 1. The number of aryl methyl sites for hydroxylation is 1. The first-order valence-electron chi connectivity index (χ1n) is 8.63. The van der Waals surface area contributed by atoms with Gasteiger partial charge in [0, 0.05) is 18.8 Å². The number of hydrogen-bond donors (Lipinski definition) is 1. The quantitative estimate of drug-likeness (QED) is 0.592. The lowest BCUT2D eigenvalue weighted by molar-refractivity contribution is 0.0835. The fourth-order valence-electron chi connectivity index (χ4n) is 3.34. The van der Waals surface area contributed by atoms with Gasteiger partial charge in [0.1, 0.15) is 6.61 Å². The summed E-state index contributed by atoms with van der Waals surface area (Å²) >= 11 is 0. The standard InChI is InChI=1S/C20H17N5O2/c1-25-15-10-12(13-8-9-22-20(21)24-13)6-7-14(15)23-19(25)18-11-26-16-4-2-3-5-17(16)27-18/h2-10,18H,11H2,1H3,(H2,21,22,24). The molecule has 1 unspecified atom stereocenters. The number of nitrogens with two attached hydrogens (primary N) is 1. The van der Waals surface area contributed by atoms with Crippen molar-refractivity contribution in [1.29, 1.82) is 0 Å². The molecule has 7 heteroatoms. The van der Waals surface area contributed by atoms with Crippen LogP contribution >= 0.6 is 0 Å². The van der Waals surface area contributed by atoms with Crippen molar-refractivity contribution in [2.24, 2.45) is 7.05 Å². The van der Waals surface area contributed by atoms with Gasteiger partial charge in [-0.15, -0.1) is 0 Å². The van der Waals surface area contributed by atoms with Gasteiger partial charge in [-0.05, 0) is 30.3 Å². The lowest BCUT2D eigenvalue weighted by atomic mass is 10.1. The number of benzene rings is 2. The summed E-state index contributed by atoms with van der Waals surface area (Å²) in [6, 6.07) is 15.5. The Morgan fingerprint density at radius 2 is 1.93 bits per heavy atom. The number of anilines is 1. The second-order valence-corrected chi connectivity index (χ2v) is 6.40. The Hall–Kier alpha value is -3.61. The number of para-hydroxylation sites is 2. The molecule has 0 aliphatic carbocycles. The van der Waals surface area contributed by atoms with Gasteiger partial charge in [0.25, 0.3) is 0 Å². The van der Waals surface area contributed by atoms with E-state index in [1.54, 1.807) is 6.20 Å². The summed E-state index contributed by atoms with van der Waals surface area (Å²) in [4.78, 5) is 13.0. The first-order valence-corrected chi connectivity index (χ1v) is 8.63. The Kier molecular flexibility index (Phi) is 3.46. The fourth-order valence-corrected chi connectivity index (χ4v) is 3.34. The van der Waals surface area contributed by atoms with Gasteiger partial charge in [-0.25, -0.2) is 15.0 Å². The molecule has 2 aromatic heterocycles. The van der Waals surface area contributed by atoms with Crippen LogP contribution in [0.3, 0.4) is 0 Å². The van der Waals surface area contributed by atoms with E-state index in [1.165, 1.54) is 0 Å². The molecule has 27 heavy (non-hydrogen) atoms. The molecule has 2 aromatic carbocycles. The van der Waals surface area contributed by atoms with Gasteiger partial charge in [-0.2, -0.15) is 0 Å². The number of nitrogens with zero attached hydrogens (tertiary/aromatic N) is 4. The van der Waals surface area contributed by atoms with Crippen molar-refractivity contribution in [2.75, 3.05) is 12.3 Å². The van der Waals surface area contributed by atoms with Crippen molar-refractivity contribution in [3.8, 4) is 22.8 Å². The van der Waals surface area contributed by atoms with E-state index in [1.807, 2.05) is 60.1 Å². The summed E-state index contributed by atoms with van der Waals surface area (Å²) in [7, 11) is 1.98. The molecule has 0 saturated carbocycles.